The molecule has 2 heterocycles. The number of aryl methyl sites for hydroxylation is 2. The van der Waals surface area contributed by atoms with Crippen LogP contribution in [-0.2, 0) is 6.54 Å². The molecule has 2 rings (SSSR count). The third-order valence-corrected chi connectivity index (χ3v) is 3.91. The third kappa shape index (κ3) is 2.72. The lowest BCUT2D eigenvalue weighted by Crippen LogP contribution is -2.45. The molecule has 3 nitrogen and oxygen atoms in total. The highest BCUT2D eigenvalue weighted by molar-refractivity contribution is 5.21. The Balaban J connectivity index is 2.08. The average Bonchev–Trinajstić information content (AvgIpc) is 2.26. The van der Waals surface area contributed by atoms with Crippen molar-refractivity contribution >= 4 is 0 Å². The first-order valence-corrected chi connectivity index (χ1v) is 7.07. The maximum atomic E-state index is 4.76. The van der Waals surface area contributed by atoms with Gasteiger partial charge in [-0.05, 0) is 25.7 Å². The zero-order chi connectivity index (χ0) is 13.3. The van der Waals surface area contributed by atoms with Gasteiger partial charge in [0.05, 0.1) is 22.8 Å². The fourth-order valence-corrected chi connectivity index (χ4v) is 2.64. The van der Waals surface area contributed by atoms with Crippen molar-refractivity contribution in [1.82, 2.24) is 14.9 Å². The van der Waals surface area contributed by atoms with Crippen molar-refractivity contribution in [2.24, 2.45) is 5.92 Å². The van der Waals surface area contributed by atoms with Gasteiger partial charge in [-0.15, -0.1) is 0 Å². The SMILES string of the molecule is CCC1CN(Cc2nc(C)c(C(C)C)nc2C)C1. The summed E-state index contributed by atoms with van der Waals surface area (Å²) in [5.74, 6) is 1.35. The van der Waals surface area contributed by atoms with Crippen LogP contribution in [0.3, 0.4) is 0 Å². The van der Waals surface area contributed by atoms with Crippen molar-refractivity contribution in [2.75, 3.05) is 13.1 Å². The summed E-state index contributed by atoms with van der Waals surface area (Å²) in [7, 11) is 0. The number of nitrogens with zero attached hydrogens (tertiary/aromatic N) is 3. The summed E-state index contributed by atoms with van der Waals surface area (Å²) in [5.41, 5.74) is 4.50. The molecule has 1 aliphatic rings. The molecule has 1 fully saturated rings. The number of likely N-dealkylation sites (tertiary alicyclic amines) is 1. The summed E-state index contributed by atoms with van der Waals surface area (Å²) in [6.07, 6.45) is 1.30. The van der Waals surface area contributed by atoms with Crippen molar-refractivity contribution in [3.63, 3.8) is 0 Å². The van der Waals surface area contributed by atoms with Gasteiger partial charge in [-0.1, -0.05) is 27.2 Å². The highest BCUT2D eigenvalue weighted by Gasteiger charge is 2.26. The van der Waals surface area contributed by atoms with Gasteiger partial charge in [-0.2, -0.15) is 0 Å². The van der Waals surface area contributed by atoms with Gasteiger partial charge >= 0.3 is 0 Å². The fourth-order valence-electron chi connectivity index (χ4n) is 2.64. The Kier molecular flexibility index (Phi) is 4.00. The van der Waals surface area contributed by atoms with Crippen molar-refractivity contribution in [2.45, 2.75) is 53.5 Å². The highest BCUT2D eigenvalue weighted by atomic mass is 15.2. The number of aromatic nitrogens is 2. The largest absolute Gasteiger partial charge is 0.297 e. The zero-order valence-electron chi connectivity index (χ0n) is 12.3. The molecule has 18 heavy (non-hydrogen) atoms. The minimum atomic E-state index is 0.457. The quantitative estimate of drug-likeness (QED) is 0.819. The molecule has 0 atom stereocenters. The first kappa shape index (κ1) is 13.5. The number of hydrogen-bond donors (Lipinski definition) is 0. The standard InChI is InChI=1S/C15H25N3/c1-6-13-7-18(8-13)9-14-11(4)17-15(10(2)3)12(5)16-14/h10,13H,6-9H2,1-5H3. The number of hydrogen-bond acceptors (Lipinski definition) is 3. The fraction of sp³-hybridized carbons (Fsp3) is 0.733. The Morgan fingerprint density at radius 3 is 2.39 bits per heavy atom. The Hall–Kier alpha value is -0.960. The summed E-state index contributed by atoms with van der Waals surface area (Å²) in [4.78, 5) is 12.0. The predicted molar refractivity (Wildman–Crippen MR) is 74.7 cm³/mol. The first-order valence-electron chi connectivity index (χ1n) is 7.07. The van der Waals surface area contributed by atoms with Crippen LogP contribution >= 0.6 is 0 Å². The van der Waals surface area contributed by atoms with Gasteiger partial charge in [0.1, 0.15) is 0 Å². The van der Waals surface area contributed by atoms with E-state index in [1.54, 1.807) is 0 Å². The Labute approximate surface area is 111 Å². The molecule has 3 heteroatoms. The molecule has 0 unspecified atom stereocenters. The minimum absolute atomic E-state index is 0.457. The van der Waals surface area contributed by atoms with E-state index >= 15 is 0 Å². The van der Waals surface area contributed by atoms with Crippen molar-refractivity contribution in [3.05, 3.63) is 22.8 Å². The lowest BCUT2D eigenvalue weighted by Gasteiger charge is -2.38. The van der Waals surface area contributed by atoms with Crippen LogP contribution in [0.2, 0.25) is 0 Å². The molecule has 100 valence electrons. The first-order chi connectivity index (χ1) is 8.51. The van der Waals surface area contributed by atoms with E-state index in [-0.39, 0.29) is 0 Å². The van der Waals surface area contributed by atoms with Crippen LogP contribution in [0.5, 0.6) is 0 Å². The second kappa shape index (κ2) is 5.35. The molecule has 0 bridgehead atoms. The Morgan fingerprint density at radius 1 is 1.17 bits per heavy atom. The normalized spacial score (nSPS) is 17.2. The zero-order valence-corrected chi connectivity index (χ0v) is 12.3. The van der Waals surface area contributed by atoms with Gasteiger partial charge in [0.25, 0.3) is 0 Å². The molecule has 0 N–H and O–H groups in total. The summed E-state index contributed by atoms with van der Waals surface area (Å²) >= 11 is 0. The summed E-state index contributed by atoms with van der Waals surface area (Å²) in [6, 6.07) is 0. The van der Waals surface area contributed by atoms with Gasteiger partial charge in [-0.25, -0.2) is 0 Å². The third-order valence-electron chi connectivity index (χ3n) is 3.91. The molecule has 0 radical (unpaired) electrons. The van der Waals surface area contributed by atoms with E-state index in [0.717, 1.165) is 35.2 Å². The molecule has 1 aliphatic heterocycles. The van der Waals surface area contributed by atoms with Gasteiger partial charge < -0.3 is 0 Å². The molecule has 0 amide bonds. The van der Waals surface area contributed by atoms with Crippen LogP contribution in [0, 0.1) is 19.8 Å². The van der Waals surface area contributed by atoms with E-state index in [0.29, 0.717) is 5.92 Å². The van der Waals surface area contributed by atoms with E-state index in [9.17, 15) is 0 Å². The lowest BCUT2D eigenvalue weighted by atomic mass is 9.97. The molecule has 1 saturated heterocycles. The second-order valence-electron chi connectivity index (χ2n) is 5.85. The van der Waals surface area contributed by atoms with Crippen molar-refractivity contribution in [3.8, 4) is 0 Å². The van der Waals surface area contributed by atoms with Crippen molar-refractivity contribution < 1.29 is 0 Å². The van der Waals surface area contributed by atoms with E-state index in [2.05, 4.69) is 39.5 Å². The topological polar surface area (TPSA) is 29.0 Å². The van der Waals surface area contributed by atoms with Gasteiger partial charge in [0.2, 0.25) is 0 Å². The molecule has 0 saturated carbocycles. The van der Waals surface area contributed by atoms with Gasteiger partial charge in [-0.3, -0.25) is 14.9 Å². The summed E-state index contributed by atoms with van der Waals surface area (Å²) in [6.45, 7) is 14.2. The minimum Gasteiger partial charge on any atom is -0.297 e. The molecule has 0 aromatic carbocycles. The molecule has 0 spiro atoms. The smallest absolute Gasteiger partial charge is 0.0759 e. The average molecular weight is 247 g/mol. The Morgan fingerprint density at radius 2 is 1.83 bits per heavy atom. The maximum Gasteiger partial charge on any atom is 0.0759 e. The van der Waals surface area contributed by atoms with E-state index in [1.807, 2.05) is 0 Å². The van der Waals surface area contributed by atoms with E-state index in [1.165, 1.54) is 19.5 Å². The van der Waals surface area contributed by atoms with E-state index < -0.39 is 0 Å². The predicted octanol–water partition coefficient (Wildman–Crippen LogP) is 3.06. The lowest BCUT2D eigenvalue weighted by molar-refractivity contribution is 0.0880. The second-order valence-corrected chi connectivity index (χ2v) is 5.85. The van der Waals surface area contributed by atoms with Crippen LogP contribution in [0.1, 0.15) is 55.9 Å². The summed E-state index contributed by atoms with van der Waals surface area (Å²) in [5, 5.41) is 0. The molecular formula is C15H25N3. The molecular weight excluding hydrogens is 222 g/mol. The molecule has 1 aromatic rings. The van der Waals surface area contributed by atoms with Crippen LogP contribution in [0.25, 0.3) is 0 Å². The molecule has 1 aromatic heterocycles. The monoisotopic (exact) mass is 247 g/mol. The van der Waals surface area contributed by atoms with Crippen LogP contribution in [0.15, 0.2) is 0 Å². The van der Waals surface area contributed by atoms with E-state index in [4.69, 9.17) is 9.97 Å². The Bertz CT molecular complexity index is 420. The van der Waals surface area contributed by atoms with Gasteiger partial charge in [0.15, 0.2) is 0 Å². The maximum absolute atomic E-state index is 4.76. The summed E-state index contributed by atoms with van der Waals surface area (Å²) < 4.78 is 0. The molecule has 0 aliphatic carbocycles. The van der Waals surface area contributed by atoms with Crippen LogP contribution in [-0.4, -0.2) is 28.0 Å². The van der Waals surface area contributed by atoms with Crippen LogP contribution < -0.4 is 0 Å². The number of rotatable bonds is 4. The highest BCUT2D eigenvalue weighted by Crippen LogP contribution is 2.22. The van der Waals surface area contributed by atoms with Crippen molar-refractivity contribution in [1.29, 1.82) is 0 Å². The van der Waals surface area contributed by atoms with Gasteiger partial charge in [0, 0.05) is 19.6 Å². The van der Waals surface area contributed by atoms with Crippen LogP contribution in [0.4, 0.5) is 0 Å².